The second kappa shape index (κ2) is 4.77. The van der Waals surface area contributed by atoms with Crippen LogP contribution in [0.1, 0.15) is 25.3 Å². The number of nitrogens with two attached hydrogens (primary N) is 1. The first-order chi connectivity index (χ1) is 7.28. The van der Waals surface area contributed by atoms with Crippen LogP contribution in [0.2, 0.25) is 0 Å². The van der Waals surface area contributed by atoms with Gasteiger partial charge in [0.25, 0.3) is 0 Å². The van der Waals surface area contributed by atoms with Crippen molar-refractivity contribution in [2.45, 2.75) is 44.9 Å². The molecule has 0 bridgehead atoms. The van der Waals surface area contributed by atoms with E-state index in [0.29, 0.717) is 18.8 Å². The highest BCUT2D eigenvalue weighted by atomic mass is 16.5. The average molecular weight is 209 g/mol. The summed E-state index contributed by atoms with van der Waals surface area (Å²) in [6, 6.07) is 0. The summed E-state index contributed by atoms with van der Waals surface area (Å²) in [5, 5.41) is 4.30. The van der Waals surface area contributed by atoms with Crippen molar-refractivity contribution in [2.24, 2.45) is 5.73 Å². The molecule has 2 unspecified atom stereocenters. The number of hydrogen-bond donors (Lipinski definition) is 1. The zero-order chi connectivity index (χ0) is 10.7. The van der Waals surface area contributed by atoms with E-state index in [4.69, 9.17) is 10.5 Å². The first-order valence-electron chi connectivity index (χ1n) is 5.65. The molecule has 2 heterocycles. The van der Waals surface area contributed by atoms with Crippen molar-refractivity contribution in [3.05, 3.63) is 18.0 Å². The Morgan fingerprint density at radius 2 is 2.47 bits per heavy atom. The quantitative estimate of drug-likeness (QED) is 0.803. The molecule has 0 aliphatic carbocycles. The molecular formula is C11H19N3O. The van der Waals surface area contributed by atoms with Gasteiger partial charge in [0.05, 0.1) is 24.9 Å². The number of nitrogens with zero attached hydrogens (tertiary/aromatic N) is 2. The third-order valence-electron chi connectivity index (χ3n) is 2.83. The van der Waals surface area contributed by atoms with E-state index in [1.165, 1.54) is 12.0 Å². The van der Waals surface area contributed by atoms with Gasteiger partial charge in [0.1, 0.15) is 0 Å². The molecule has 4 heteroatoms. The fraction of sp³-hybridized carbons (Fsp3) is 0.727. The van der Waals surface area contributed by atoms with E-state index in [1.807, 2.05) is 10.9 Å². The number of aromatic nitrogens is 2. The van der Waals surface area contributed by atoms with Gasteiger partial charge in [0, 0.05) is 6.20 Å². The highest BCUT2D eigenvalue weighted by Gasteiger charge is 2.22. The lowest BCUT2D eigenvalue weighted by Crippen LogP contribution is -2.16. The van der Waals surface area contributed by atoms with Crippen LogP contribution in [-0.2, 0) is 17.7 Å². The molecule has 15 heavy (non-hydrogen) atoms. The molecule has 1 fully saturated rings. The lowest BCUT2D eigenvalue weighted by molar-refractivity contribution is 0.0437. The molecule has 2 N–H and O–H groups in total. The fourth-order valence-electron chi connectivity index (χ4n) is 2.03. The topological polar surface area (TPSA) is 53.1 Å². The van der Waals surface area contributed by atoms with Crippen LogP contribution in [0.25, 0.3) is 0 Å². The predicted octanol–water partition coefficient (Wildman–Crippen LogP) is 0.952. The van der Waals surface area contributed by atoms with E-state index in [2.05, 4.69) is 18.2 Å². The van der Waals surface area contributed by atoms with Gasteiger partial charge < -0.3 is 10.5 Å². The van der Waals surface area contributed by atoms with Crippen LogP contribution >= 0.6 is 0 Å². The van der Waals surface area contributed by atoms with Gasteiger partial charge in [-0.05, 0) is 38.3 Å². The molecule has 1 aliphatic rings. The van der Waals surface area contributed by atoms with E-state index >= 15 is 0 Å². The Morgan fingerprint density at radius 3 is 3.13 bits per heavy atom. The van der Waals surface area contributed by atoms with Gasteiger partial charge in [-0.15, -0.1) is 0 Å². The normalized spacial score (nSPS) is 26.0. The maximum Gasteiger partial charge on any atom is 0.0775 e. The minimum Gasteiger partial charge on any atom is -0.373 e. The van der Waals surface area contributed by atoms with Gasteiger partial charge in [-0.1, -0.05) is 0 Å². The van der Waals surface area contributed by atoms with Gasteiger partial charge in [0.2, 0.25) is 0 Å². The first kappa shape index (κ1) is 10.6. The van der Waals surface area contributed by atoms with Gasteiger partial charge in [-0.25, -0.2) is 0 Å². The summed E-state index contributed by atoms with van der Waals surface area (Å²) in [6.07, 6.45) is 7.93. The monoisotopic (exact) mass is 209 g/mol. The van der Waals surface area contributed by atoms with Crippen LogP contribution < -0.4 is 5.73 Å². The number of ether oxygens (including phenoxy) is 1. The maximum atomic E-state index is 5.75. The lowest BCUT2D eigenvalue weighted by Gasteiger charge is -2.10. The standard InChI is InChI=1S/C11H19N3O/c1-9-2-3-11(15-9)8-14-7-10(4-5-12)6-13-14/h6-7,9,11H,2-5,8,12H2,1H3. The third-order valence-corrected chi connectivity index (χ3v) is 2.83. The summed E-state index contributed by atoms with van der Waals surface area (Å²) in [7, 11) is 0. The number of hydrogen-bond acceptors (Lipinski definition) is 3. The Balaban J connectivity index is 1.87. The molecule has 1 saturated heterocycles. The van der Waals surface area contributed by atoms with Crippen molar-refractivity contribution < 1.29 is 4.74 Å². The Labute approximate surface area is 90.4 Å². The Kier molecular flexibility index (Phi) is 3.38. The summed E-state index contributed by atoms with van der Waals surface area (Å²) in [6.45, 7) is 3.68. The van der Waals surface area contributed by atoms with Crippen LogP contribution in [-0.4, -0.2) is 28.5 Å². The molecule has 1 aromatic rings. The molecule has 4 nitrogen and oxygen atoms in total. The van der Waals surface area contributed by atoms with Crippen molar-refractivity contribution in [3.63, 3.8) is 0 Å². The van der Waals surface area contributed by atoms with Crippen LogP contribution in [0, 0.1) is 0 Å². The number of rotatable bonds is 4. The Bertz CT molecular complexity index is 311. The summed E-state index contributed by atoms with van der Waals surface area (Å²) >= 11 is 0. The minimum absolute atomic E-state index is 0.339. The molecule has 0 aromatic carbocycles. The van der Waals surface area contributed by atoms with Crippen LogP contribution in [0.3, 0.4) is 0 Å². The smallest absolute Gasteiger partial charge is 0.0775 e. The highest BCUT2D eigenvalue weighted by Crippen LogP contribution is 2.20. The molecule has 84 valence electrons. The van der Waals surface area contributed by atoms with Crippen molar-refractivity contribution >= 4 is 0 Å². The molecular weight excluding hydrogens is 190 g/mol. The predicted molar refractivity (Wildman–Crippen MR) is 58.6 cm³/mol. The van der Waals surface area contributed by atoms with E-state index in [1.54, 1.807) is 0 Å². The van der Waals surface area contributed by atoms with Crippen molar-refractivity contribution in [2.75, 3.05) is 6.54 Å². The minimum atomic E-state index is 0.339. The van der Waals surface area contributed by atoms with Crippen molar-refractivity contribution in [1.82, 2.24) is 9.78 Å². The van der Waals surface area contributed by atoms with Gasteiger partial charge in [-0.3, -0.25) is 4.68 Å². The molecule has 1 aromatic heterocycles. The molecule has 0 radical (unpaired) electrons. The SMILES string of the molecule is CC1CCC(Cn2cc(CCN)cn2)O1. The molecule has 0 amide bonds. The molecule has 2 atom stereocenters. The van der Waals surface area contributed by atoms with Crippen molar-refractivity contribution in [1.29, 1.82) is 0 Å². The zero-order valence-corrected chi connectivity index (χ0v) is 9.22. The van der Waals surface area contributed by atoms with Crippen molar-refractivity contribution in [3.8, 4) is 0 Å². The summed E-state index contributed by atoms with van der Waals surface area (Å²) in [4.78, 5) is 0. The third kappa shape index (κ3) is 2.79. The van der Waals surface area contributed by atoms with Gasteiger partial charge in [0.15, 0.2) is 0 Å². The Morgan fingerprint density at radius 1 is 1.60 bits per heavy atom. The fourth-order valence-corrected chi connectivity index (χ4v) is 2.03. The second-order valence-corrected chi connectivity index (χ2v) is 4.26. The van der Waals surface area contributed by atoms with E-state index in [9.17, 15) is 0 Å². The maximum absolute atomic E-state index is 5.75. The van der Waals surface area contributed by atoms with E-state index < -0.39 is 0 Å². The van der Waals surface area contributed by atoms with Crippen LogP contribution in [0.5, 0.6) is 0 Å². The van der Waals surface area contributed by atoms with Crippen LogP contribution in [0.4, 0.5) is 0 Å². The highest BCUT2D eigenvalue weighted by molar-refractivity contribution is 5.04. The van der Waals surface area contributed by atoms with E-state index in [-0.39, 0.29) is 0 Å². The Hall–Kier alpha value is -0.870. The zero-order valence-electron chi connectivity index (χ0n) is 9.22. The largest absolute Gasteiger partial charge is 0.373 e. The molecule has 0 spiro atoms. The summed E-state index contributed by atoms with van der Waals surface area (Å²) in [5.74, 6) is 0. The van der Waals surface area contributed by atoms with E-state index in [0.717, 1.165) is 19.4 Å². The average Bonchev–Trinajstić information content (AvgIpc) is 2.78. The molecule has 1 aliphatic heterocycles. The second-order valence-electron chi connectivity index (χ2n) is 4.26. The summed E-state index contributed by atoms with van der Waals surface area (Å²) in [5.41, 5.74) is 6.70. The first-order valence-corrected chi connectivity index (χ1v) is 5.65. The van der Waals surface area contributed by atoms with Gasteiger partial charge >= 0.3 is 0 Å². The molecule has 2 rings (SSSR count). The van der Waals surface area contributed by atoms with Gasteiger partial charge in [-0.2, -0.15) is 5.10 Å². The summed E-state index contributed by atoms with van der Waals surface area (Å²) < 4.78 is 7.71. The lowest BCUT2D eigenvalue weighted by atomic mass is 10.2. The van der Waals surface area contributed by atoms with Crippen LogP contribution in [0.15, 0.2) is 12.4 Å². The molecule has 0 saturated carbocycles.